The molecule has 200 valence electrons. The standard InChI is InChI=1S/C36H40N2O/c1-10-24(7)35(22(3)4)37-27-16-18-30-32(20-27)39-33-21-28(38-36(23(5)6)25(8)11-2)17-19-31(33)34(30)29-15-13-12-14-26(29)9/h10-21,37H,1-9H3/b24-10-,25-11-,38-28?. The first-order valence-electron chi connectivity index (χ1n) is 13.6. The van der Waals surface area contributed by atoms with E-state index in [1.165, 1.54) is 33.4 Å². The number of hydrogen-bond donors (Lipinski definition) is 1. The predicted octanol–water partition coefficient (Wildman–Crippen LogP) is 10.3. The Hall–Kier alpha value is -4.11. The quantitative estimate of drug-likeness (QED) is 0.204. The van der Waals surface area contributed by atoms with Crippen LogP contribution in [0.25, 0.3) is 33.4 Å². The second-order valence-corrected chi connectivity index (χ2v) is 10.6. The van der Waals surface area contributed by atoms with Crippen molar-refractivity contribution in [2.75, 3.05) is 5.32 Å². The van der Waals surface area contributed by atoms with E-state index in [1.54, 1.807) is 0 Å². The van der Waals surface area contributed by atoms with E-state index in [2.05, 4.69) is 134 Å². The summed E-state index contributed by atoms with van der Waals surface area (Å²) >= 11 is 0. The van der Waals surface area contributed by atoms with Crippen molar-refractivity contribution in [3.63, 3.8) is 0 Å². The summed E-state index contributed by atoms with van der Waals surface area (Å²) in [6, 6.07) is 21.3. The molecule has 39 heavy (non-hydrogen) atoms. The molecule has 3 nitrogen and oxygen atoms in total. The Kier molecular flexibility index (Phi) is 8.40. The number of benzene rings is 3. The molecule has 0 atom stereocenters. The maximum Gasteiger partial charge on any atom is 0.137 e. The van der Waals surface area contributed by atoms with E-state index < -0.39 is 0 Å². The molecule has 0 fully saturated rings. The number of hydrogen-bond acceptors (Lipinski definition) is 3. The van der Waals surface area contributed by atoms with Crippen LogP contribution >= 0.6 is 0 Å². The molecule has 0 radical (unpaired) electrons. The lowest BCUT2D eigenvalue weighted by Crippen LogP contribution is -2.05. The van der Waals surface area contributed by atoms with Crippen LogP contribution in [0.1, 0.15) is 61.0 Å². The molecule has 2 aliphatic rings. The van der Waals surface area contributed by atoms with Gasteiger partial charge in [-0.15, -0.1) is 0 Å². The van der Waals surface area contributed by atoms with Crippen molar-refractivity contribution in [3.05, 3.63) is 117 Å². The van der Waals surface area contributed by atoms with Crippen LogP contribution < -0.4 is 10.7 Å². The molecule has 4 rings (SSSR count). The van der Waals surface area contributed by atoms with Crippen LogP contribution in [0.15, 0.2) is 116 Å². The van der Waals surface area contributed by atoms with Gasteiger partial charge in [-0.2, -0.15) is 0 Å². The summed E-state index contributed by atoms with van der Waals surface area (Å²) in [6.07, 6.45) is 4.23. The number of anilines is 1. The maximum absolute atomic E-state index is 6.63. The van der Waals surface area contributed by atoms with E-state index in [0.717, 1.165) is 50.3 Å². The molecule has 2 aromatic rings. The van der Waals surface area contributed by atoms with Crippen molar-refractivity contribution >= 4 is 16.7 Å². The van der Waals surface area contributed by atoms with Gasteiger partial charge in [0.1, 0.15) is 11.3 Å². The minimum absolute atomic E-state index is 0.817. The Morgan fingerprint density at radius 2 is 1.49 bits per heavy atom. The fourth-order valence-electron chi connectivity index (χ4n) is 4.94. The molecule has 0 bridgehead atoms. The summed E-state index contributed by atoms with van der Waals surface area (Å²) in [7, 11) is 0. The van der Waals surface area contributed by atoms with Gasteiger partial charge in [0.05, 0.1) is 11.1 Å². The van der Waals surface area contributed by atoms with Crippen molar-refractivity contribution in [2.24, 2.45) is 4.99 Å². The summed E-state index contributed by atoms with van der Waals surface area (Å²) in [5.41, 5.74) is 13.5. The molecule has 0 aromatic heterocycles. The van der Waals surface area contributed by atoms with Gasteiger partial charge in [0.2, 0.25) is 0 Å². The minimum Gasteiger partial charge on any atom is -0.456 e. The molecule has 1 aliphatic heterocycles. The van der Waals surface area contributed by atoms with E-state index in [1.807, 2.05) is 6.92 Å². The highest BCUT2D eigenvalue weighted by Crippen LogP contribution is 2.41. The van der Waals surface area contributed by atoms with Gasteiger partial charge in [0, 0.05) is 40.0 Å². The number of rotatable bonds is 6. The fourth-order valence-corrected chi connectivity index (χ4v) is 4.94. The van der Waals surface area contributed by atoms with Crippen LogP contribution in [0.5, 0.6) is 0 Å². The second-order valence-electron chi connectivity index (χ2n) is 10.6. The Morgan fingerprint density at radius 3 is 2.13 bits per heavy atom. The Balaban J connectivity index is 2.02. The molecule has 2 aromatic carbocycles. The van der Waals surface area contributed by atoms with Crippen molar-refractivity contribution < 1.29 is 4.42 Å². The van der Waals surface area contributed by atoms with E-state index in [4.69, 9.17) is 9.41 Å². The normalized spacial score (nSPS) is 12.7. The SMILES string of the molecule is C/C=C(/C)C(N=c1ccc2c(-c3ccccc3C)c3ccc(NC(=C(C)C)/C(C)=C\C)cc3oc-2c1)=C(C)C. The van der Waals surface area contributed by atoms with E-state index >= 15 is 0 Å². The average molecular weight is 517 g/mol. The lowest BCUT2D eigenvalue weighted by Gasteiger charge is -2.19. The number of nitrogens with one attached hydrogen (secondary N) is 1. The highest BCUT2D eigenvalue weighted by molar-refractivity contribution is 6.03. The van der Waals surface area contributed by atoms with Crippen LogP contribution in [-0.2, 0) is 0 Å². The Bertz CT molecular complexity index is 1700. The summed E-state index contributed by atoms with van der Waals surface area (Å²) in [5, 5.41) is 5.59. The van der Waals surface area contributed by atoms with Crippen molar-refractivity contribution in [2.45, 2.75) is 62.3 Å². The monoisotopic (exact) mass is 516 g/mol. The molecule has 1 heterocycles. The van der Waals surface area contributed by atoms with Crippen LogP contribution in [0.2, 0.25) is 0 Å². The third-order valence-corrected chi connectivity index (χ3v) is 7.24. The first-order valence-corrected chi connectivity index (χ1v) is 13.6. The van der Waals surface area contributed by atoms with Crippen molar-refractivity contribution in [3.8, 4) is 22.5 Å². The van der Waals surface area contributed by atoms with E-state index in [0.29, 0.717) is 0 Å². The highest BCUT2D eigenvalue weighted by atomic mass is 16.3. The third-order valence-electron chi connectivity index (χ3n) is 7.24. The first kappa shape index (κ1) is 27.9. The van der Waals surface area contributed by atoms with Gasteiger partial charge in [0.15, 0.2) is 0 Å². The Labute approximate surface area is 233 Å². The Morgan fingerprint density at radius 1 is 0.769 bits per heavy atom. The lowest BCUT2D eigenvalue weighted by molar-refractivity contribution is 0.619. The molecule has 0 saturated heterocycles. The van der Waals surface area contributed by atoms with Gasteiger partial charge in [-0.25, -0.2) is 4.99 Å². The fraction of sp³-hybridized carbons (Fsp3) is 0.250. The van der Waals surface area contributed by atoms with Crippen LogP contribution in [0.3, 0.4) is 0 Å². The summed E-state index contributed by atoms with van der Waals surface area (Å²) in [5.74, 6) is 0.817. The molecular weight excluding hydrogens is 476 g/mol. The minimum atomic E-state index is 0.817. The number of aryl methyl sites for hydroxylation is 1. The second kappa shape index (κ2) is 11.7. The van der Waals surface area contributed by atoms with Gasteiger partial charge >= 0.3 is 0 Å². The topological polar surface area (TPSA) is 37.5 Å². The molecule has 0 unspecified atom stereocenters. The summed E-state index contributed by atoms with van der Waals surface area (Å²) < 4.78 is 6.63. The summed E-state index contributed by atoms with van der Waals surface area (Å²) in [6.45, 7) is 19.0. The predicted molar refractivity (Wildman–Crippen MR) is 168 cm³/mol. The molecule has 0 spiro atoms. The van der Waals surface area contributed by atoms with E-state index in [-0.39, 0.29) is 0 Å². The van der Waals surface area contributed by atoms with Gasteiger partial charge in [-0.1, -0.05) is 47.6 Å². The van der Waals surface area contributed by atoms with Gasteiger partial charge in [-0.3, -0.25) is 0 Å². The zero-order chi connectivity index (χ0) is 28.3. The number of allylic oxidation sites excluding steroid dienone is 6. The number of nitrogens with zero attached hydrogens (tertiary/aromatic N) is 1. The van der Waals surface area contributed by atoms with E-state index in [9.17, 15) is 0 Å². The van der Waals surface area contributed by atoms with Crippen molar-refractivity contribution in [1.82, 2.24) is 0 Å². The van der Waals surface area contributed by atoms with Crippen LogP contribution in [0.4, 0.5) is 5.69 Å². The van der Waals surface area contributed by atoms with Crippen LogP contribution in [-0.4, -0.2) is 0 Å². The molecule has 0 saturated carbocycles. The van der Waals surface area contributed by atoms with Crippen LogP contribution in [0, 0.1) is 6.92 Å². The molecular formula is C36H40N2O. The molecule has 3 heteroatoms. The highest BCUT2D eigenvalue weighted by Gasteiger charge is 2.19. The zero-order valence-corrected chi connectivity index (χ0v) is 24.8. The molecule has 1 N–H and O–H groups in total. The van der Waals surface area contributed by atoms with Gasteiger partial charge in [0.25, 0.3) is 0 Å². The summed E-state index contributed by atoms with van der Waals surface area (Å²) in [4.78, 5) is 5.01. The number of fused-ring (bicyclic) bond motifs is 2. The van der Waals surface area contributed by atoms with Crippen molar-refractivity contribution in [1.29, 1.82) is 0 Å². The lowest BCUT2D eigenvalue weighted by atomic mass is 9.91. The first-order chi connectivity index (χ1) is 18.6. The molecule has 0 amide bonds. The third kappa shape index (κ3) is 5.83. The average Bonchev–Trinajstić information content (AvgIpc) is 2.92. The maximum atomic E-state index is 6.63. The van der Waals surface area contributed by atoms with Gasteiger partial charge in [-0.05, 0) is 109 Å². The smallest absolute Gasteiger partial charge is 0.137 e. The largest absolute Gasteiger partial charge is 0.456 e. The molecule has 1 aliphatic carbocycles. The van der Waals surface area contributed by atoms with Gasteiger partial charge < -0.3 is 9.73 Å². The zero-order valence-electron chi connectivity index (χ0n) is 24.8.